The molecule has 2 aromatic carbocycles. The van der Waals surface area contributed by atoms with Crippen LogP contribution in [0.2, 0.25) is 0 Å². The van der Waals surface area contributed by atoms with E-state index in [1.807, 2.05) is 61.5 Å². The molecule has 5 nitrogen and oxygen atoms in total. The van der Waals surface area contributed by atoms with Crippen LogP contribution in [0, 0.1) is 0 Å². The lowest BCUT2D eigenvalue weighted by atomic mass is 9.95. The molecule has 0 saturated heterocycles. The van der Waals surface area contributed by atoms with Crippen LogP contribution in [0.5, 0.6) is 5.75 Å². The van der Waals surface area contributed by atoms with Gasteiger partial charge in [0.1, 0.15) is 5.75 Å². The fourth-order valence-electron chi connectivity index (χ4n) is 3.68. The number of nitrogens with zero attached hydrogens (tertiary/aromatic N) is 1. The number of aliphatic hydroxyl groups is 1. The van der Waals surface area contributed by atoms with Crippen molar-refractivity contribution in [3.8, 4) is 5.75 Å². The van der Waals surface area contributed by atoms with Crippen LogP contribution in [-0.2, 0) is 11.3 Å². The predicted octanol–water partition coefficient (Wildman–Crippen LogP) is 5.32. The van der Waals surface area contributed by atoms with Crippen LogP contribution in [0.1, 0.15) is 40.2 Å². The number of benzene rings is 2. The Balaban J connectivity index is 1.73. The monoisotopic (exact) mass is 433 g/mol. The number of ether oxygens (including phenoxy) is 1. The molecule has 1 atom stereocenters. The van der Waals surface area contributed by atoms with E-state index in [1.165, 1.54) is 11.3 Å². The third-order valence-corrected chi connectivity index (χ3v) is 6.03. The molecule has 158 valence electrons. The highest BCUT2D eigenvalue weighted by molar-refractivity contribution is 7.12. The van der Waals surface area contributed by atoms with Crippen LogP contribution in [0.25, 0.3) is 0 Å². The summed E-state index contributed by atoms with van der Waals surface area (Å²) >= 11 is 1.29. The molecule has 6 heteroatoms. The molecule has 1 aliphatic rings. The van der Waals surface area contributed by atoms with Gasteiger partial charge < -0.3 is 14.7 Å². The van der Waals surface area contributed by atoms with Gasteiger partial charge in [0.15, 0.2) is 5.76 Å². The van der Waals surface area contributed by atoms with Crippen molar-refractivity contribution >= 4 is 23.0 Å². The fraction of sp³-hybridized carbons (Fsp3) is 0.200. The summed E-state index contributed by atoms with van der Waals surface area (Å²) in [5, 5.41) is 12.5. The number of Topliss-reactive ketones (excluding diaryl/α,β-unsaturated/α-hetero) is 1. The first-order chi connectivity index (χ1) is 15.1. The van der Waals surface area contributed by atoms with E-state index in [0.717, 1.165) is 23.3 Å². The van der Waals surface area contributed by atoms with Crippen molar-refractivity contribution in [3.05, 3.63) is 99.4 Å². The number of thiophene rings is 1. The van der Waals surface area contributed by atoms with Gasteiger partial charge in [0.25, 0.3) is 5.91 Å². The molecule has 2 heterocycles. The Kier molecular flexibility index (Phi) is 6.18. The molecule has 0 spiro atoms. The second-order valence-electron chi connectivity index (χ2n) is 7.31. The van der Waals surface area contributed by atoms with Gasteiger partial charge in [-0.05, 0) is 41.1 Å². The Morgan fingerprint density at radius 3 is 2.45 bits per heavy atom. The largest absolute Gasteiger partial charge is 0.503 e. The molecule has 0 bridgehead atoms. The van der Waals surface area contributed by atoms with Gasteiger partial charge in [-0.1, -0.05) is 55.5 Å². The molecule has 1 amide bonds. The molecular weight excluding hydrogens is 410 g/mol. The number of aliphatic hydroxyl groups excluding tert-OH is 1. The number of carbonyl (C=O) groups is 2. The predicted molar refractivity (Wildman–Crippen MR) is 120 cm³/mol. The van der Waals surface area contributed by atoms with Crippen LogP contribution in [0.4, 0.5) is 0 Å². The maximum absolute atomic E-state index is 13.2. The van der Waals surface area contributed by atoms with Gasteiger partial charge in [-0.15, -0.1) is 11.3 Å². The Labute approximate surface area is 185 Å². The highest BCUT2D eigenvalue weighted by atomic mass is 32.1. The van der Waals surface area contributed by atoms with Crippen molar-refractivity contribution < 1.29 is 19.4 Å². The molecule has 4 rings (SSSR count). The van der Waals surface area contributed by atoms with Gasteiger partial charge in [0, 0.05) is 6.54 Å². The van der Waals surface area contributed by atoms with Crippen molar-refractivity contribution in [1.82, 2.24) is 4.90 Å². The molecule has 1 aliphatic heterocycles. The van der Waals surface area contributed by atoms with Crippen molar-refractivity contribution in [2.24, 2.45) is 0 Å². The number of carbonyl (C=O) groups excluding carboxylic acids is 2. The van der Waals surface area contributed by atoms with Gasteiger partial charge in [0.05, 0.1) is 23.1 Å². The Bertz CT molecular complexity index is 1090. The minimum absolute atomic E-state index is 0.116. The lowest BCUT2D eigenvalue weighted by Crippen LogP contribution is -2.30. The Morgan fingerprint density at radius 2 is 1.81 bits per heavy atom. The summed E-state index contributed by atoms with van der Waals surface area (Å²) in [6.45, 7) is 2.93. The standard InChI is InChI=1S/C25H23NO4S/c1-2-14-30-19-12-10-18(11-13-19)22-21(23(27)20-9-6-15-31-20)24(28)25(29)26(22)16-17-7-4-3-5-8-17/h3-13,15,22,28H,2,14,16H2,1H3. The first kappa shape index (κ1) is 20.9. The summed E-state index contributed by atoms with van der Waals surface area (Å²) < 4.78 is 5.66. The number of hydrogen-bond donors (Lipinski definition) is 1. The number of amides is 1. The van der Waals surface area contributed by atoms with Crippen LogP contribution < -0.4 is 4.74 Å². The second kappa shape index (κ2) is 9.18. The third kappa shape index (κ3) is 4.25. The summed E-state index contributed by atoms with van der Waals surface area (Å²) in [4.78, 5) is 28.3. The molecule has 1 N–H and O–H groups in total. The first-order valence-electron chi connectivity index (χ1n) is 10.2. The van der Waals surface area contributed by atoms with E-state index in [-0.39, 0.29) is 17.9 Å². The Hall–Kier alpha value is -3.38. The minimum Gasteiger partial charge on any atom is -0.503 e. The summed E-state index contributed by atoms with van der Waals surface area (Å²) in [5.41, 5.74) is 1.78. The highest BCUT2D eigenvalue weighted by Crippen LogP contribution is 2.40. The molecule has 0 saturated carbocycles. The van der Waals surface area contributed by atoms with Gasteiger partial charge in [0.2, 0.25) is 5.78 Å². The van der Waals surface area contributed by atoms with Gasteiger partial charge in [-0.3, -0.25) is 9.59 Å². The van der Waals surface area contributed by atoms with Crippen molar-refractivity contribution in [3.63, 3.8) is 0 Å². The van der Waals surface area contributed by atoms with Crippen molar-refractivity contribution in [1.29, 1.82) is 0 Å². The van der Waals surface area contributed by atoms with Gasteiger partial charge in [-0.25, -0.2) is 0 Å². The molecule has 31 heavy (non-hydrogen) atoms. The maximum Gasteiger partial charge on any atom is 0.290 e. The summed E-state index contributed by atoms with van der Waals surface area (Å²) in [5.74, 6) is -0.623. The van der Waals surface area contributed by atoms with Crippen LogP contribution in [-0.4, -0.2) is 28.3 Å². The van der Waals surface area contributed by atoms with E-state index in [1.54, 1.807) is 22.4 Å². The van der Waals surface area contributed by atoms with E-state index in [4.69, 9.17) is 4.74 Å². The molecule has 0 fully saturated rings. The average Bonchev–Trinajstić information content (AvgIpc) is 3.42. The molecule has 0 aliphatic carbocycles. The first-order valence-corrected chi connectivity index (χ1v) is 11.1. The Morgan fingerprint density at radius 1 is 1.06 bits per heavy atom. The third-order valence-electron chi connectivity index (χ3n) is 5.16. The normalized spacial score (nSPS) is 16.1. The summed E-state index contributed by atoms with van der Waals surface area (Å²) in [6.07, 6.45) is 0.903. The zero-order valence-corrected chi connectivity index (χ0v) is 18.0. The van der Waals surface area contributed by atoms with Gasteiger partial charge in [-0.2, -0.15) is 0 Å². The molecule has 0 radical (unpaired) electrons. The summed E-state index contributed by atoms with van der Waals surface area (Å²) in [6, 6.07) is 19.7. The zero-order valence-electron chi connectivity index (χ0n) is 17.2. The SMILES string of the molecule is CCCOc1ccc(C2C(C(=O)c3cccs3)=C(O)C(=O)N2Cc2ccccc2)cc1. The number of hydrogen-bond acceptors (Lipinski definition) is 5. The molecule has 1 unspecified atom stereocenters. The lowest BCUT2D eigenvalue weighted by molar-refractivity contribution is -0.130. The van der Waals surface area contributed by atoms with Crippen LogP contribution in [0.15, 0.2) is 83.4 Å². The van der Waals surface area contributed by atoms with E-state index in [2.05, 4.69) is 0 Å². The highest BCUT2D eigenvalue weighted by Gasteiger charge is 2.43. The summed E-state index contributed by atoms with van der Waals surface area (Å²) in [7, 11) is 0. The average molecular weight is 434 g/mol. The van der Waals surface area contributed by atoms with E-state index < -0.39 is 17.7 Å². The zero-order chi connectivity index (χ0) is 21.8. The fourth-order valence-corrected chi connectivity index (χ4v) is 4.36. The van der Waals surface area contributed by atoms with Crippen LogP contribution in [0.3, 0.4) is 0 Å². The van der Waals surface area contributed by atoms with Crippen molar-refractivity contribution in [2.45, 2.75) is 25.9 Å². The second-order valence-corrected chi connectivity index (χ2v) is 8.26. The lowest BCUT2D eigenvalue weighted by Gasteiger charge is -2.27. The smallest absolute Gasteiger partial charge is 0.290 e. The topological polar surface area (TPSA) is 66.8 Å². The van der Waals surface area contributed by atoms with Crippen molar-refractivity contribution in [2.75, 3.05) is 6.61 Å². The van der Waals surface area contributed by atoms with Crippen LogP contribution >= 0.6 is 11.3 Å². The van der Waals surface area contributed by atoms with E-state index >= 15 is 0 Å². The quantitative estimate of drug-likeness (QED) is 0.489. The minimum atomic E-state index is -0.678. The van der Waals surface area contributed by atoms with E-state index in [9.17, 15) is 14.7 Å². The number of ketones is 1. The van der Waals surface area contributed by atoms with E-state index in [0.29, 0.717) is 11.5 Å². The maximum atomic E-state index is 13.2. The van der Waals surface area contributed by atoms with Gasteiger partial charge >= 0.3 is 0 Å². The number of rotatable bonds is 8. The molecule has 1 aromatic heterocycles. The molecule has 3 aromatic rings. The molecular formula is C25H23NO4S.